The lowest BCUT2D eigenvalue weighted by Crippen LogP contribution is -3.07. The summed E-state index contributed by atoms with van der Waals surface area (Å²) in [4.78, 5) is 20.1. The first-order valence-electron chi connectivity index (χ1n) is 10.6. The van der Waals surface area contributed by atoms with Crippen LogP contribution < -0.4 is 15.4 Å². The van der Waals surface area contributed by atoms with Crippen LogP contribution in [-0.4, -0.2) is 49.4 Å². The third-order valence-corrected chi connectivity index (χ3v) is 6.00. The fourth-order valence-corrected chi connectivity index (χ4v) is 4.32. The molecule has 2 aromatic carbocycles. The molecule has 0 bridgehead atoms. The van der Waals surface area contributed by atoms with Crippen LogP contribution in [-0.2, 0) is 17.8 Å². The van der Waals surface area contributed by atoms with Gasteiger partial charge in [0.25, 0.3) is 5.56 Å². The van der Waals surface area contributed by atoms with Crippen LogP contribution >= 0.6 is 12.2 Å². The molecule has 3 aromatic rings. The number of hydrogen-bond acceptors (Lipinski definition) is 4. The van der Waals surface area contributed by atoms with Crippen molar-refractivity contribution in [1.29, 1.82) is 0 Å². The van der Waals surface area contributed by atoms with E-state index in [-0.39, 0.29) is 5.56 Å². The van der Waals surface area contributed by atoms with Gasteiger partial charge in [-0.2, -0.15) is 0 Å². The number of quaternary nitrogens is 1. The summed E-state index contributed by atoms with van der Waals surface area (Å²) in [5.74, 6) is 0. The molecule has 1 aromatic heterocycles. The Morgan fingerprint density at radius 1 is 1.13 bits per heavy atom. The first-order chi connectivity index (χ1) is 14.6. The van der Waals surface area contributed by atoms with Gasteiger partial charge >= 0.3 is 0 Å². The third-order valence-electron chi connectivity index (χ3n) is 5.68. The molecule has 1 atom stereocenters. The van der Waals surface area contributed by atoms with E-state index in [1.165, 1.54) is 10.5 Å². The summed E-state index contributed by atoms with van der Waals surface area (Å²) in [5, 5.41) is 0.692. The Bertz CT molecular complexity index is 1100. The molecule has 1 aliphatic heterocycles. The Balaban J connectivity index is 1.47. The van der Waals surface area contributed by atoms with E-state index in [1.807, 2.05) is 24.3 Å². The van der Waals surface area contributed by atoms with Crippen LogP contribution in [0.15, 0.2) is 53.3 Å². The van der Waals surface area contributed by atoms with E-state index in [0.29, 0.717) is 16.7 Å². The highest BCUT2D eigenvalue weighted by Gasteiger charge is 2.14. The van der Waals surface area contributed by atoms with Gasteiger partial charge in [-0.05, 0) is 30.4 Å². The zero-order chi connectivity index (χ0) is 20.9. The smallest absolute Gasteiger partial charge is 0.262 e. The van der Waals surface area contributed by atoms with E-state index in [9.17, 15) is 4.79 Å². The highest BCUT2D eigenvalue weighted by atomic mass is 32.1. The first kappa shape index (κ1) is 20.8. The van der Waals surface area contributed by atoms with Gasteiger partial charge in [0.15, 0.2) is 4.77 Å². The Kier molecular flexibility index (Phi) is 6.62. The Hall–Kier alpha value is -2.48. The fourth-order valence-electron chi connectivity index (χ4n) is 4.03. The van der Waals surface area contributed by atoms with E-state index >= 15 is 0 Å². The van der Waals surface area contributed by atoms with Crippen LogP contribution in [0.3, 0.4) is 0 Å². The number of hydrogen-bond donors (Lipinski definition) is 2. The quantitative estimate of drug-likeness (QED) is 0.569. The van der Waals surface area contributed by atoms with Crippen molar-refractivity contribution >= 4 is 28.8 Å². The van der Waals surface area contributed by atoms with Crippen LogP contribution in [0, 0.1) is 4.77 Å². The number of anilines is 1. The number of H-pyrrole nitrogens is 1. The summed E-state index contributed by atoms with van der Waals surface area (Å²) >= 11 is 5.48. The van der Waals surface area contributed by atoms with Gasteiger partial charge in [-0.1, -0.05) is 30.3 Å². The minimum absolute atomic E-state index is 0.00966. The number of nitrogens with zero attached hydrogens (tertiary/aromatic N) is 2. The molecule has 0 radical (unpaired) electrons. The number of fused-ring (bicyclic) bond motifs is 1. The van der Waals surface area contributed by atoms with E-state index in [4.69, 9.17) is 17.0 Å². The van der Waals surface area contributed by atoms with Crippen molar-refractivity contribution in [3.63, 3.8) is 0 Å². The molecule has 4 rings (SSSR count). The third kappa shape index (κ3) is 4.80. The zero-order valence-electron chi connectivity index (χ0n) is 17.4. The van der Waals surface area contributed by atoms with Gasteiger partial charge in [0, 0.05) is 37.3 Å². The standard InChI is InChI=1S/C23H28N4O2S/c1-25(17-18-6-3-2-4-7-18)10-5-11-27-22(28)20-16-19(26-12-14-29-15-13-26)8-9-21(20)24-23(27)30/h2-4,6-9,16H,5,10-15,17H2,1H3,(H,24,30)/p+1. The van der Waals surface area contributed by atoms with Crippen LogP contribution in [0.1, 0.15) is 12.0 Å². The number of aromatic nitrogens is 2. The topological polar surface area (TPSA) is 54.7 Å². The van der Waals surface area contributed by atoms with Crippen LogP contribution in [0.25, 0.3) is 10.9 Å². The fraction of sp³-hybridized carbons (Fsp3) is 0.391. The summed E-state index contributed by atoms with van der Waals surface area (Å²) in [6.45, 7) is 5.71. The summed E-state index contributed by atoms with van der Waals surface area (Å²) < 4.78 is 7.64. The lowest BCUT2D eigenvalue weighted by atomic mass is 10.2. The lowest BCUT2D eigenvalue weighted by Gasteiger charge is -2.29. The van der Waals surface area contributed by atoms with E-state index in [1.54, 1.807) is 4.57 Å². The molecule has 0 spiro atoms. The van der Waals surface area contributed by atoms with Crippen molar-refractivity contribution < 1.29 is 9.64 Å². The van der Waals surface area contributed by atoms with Crippen molar-refractivity contribution in [2.24, 2.45) is 0 Å². The van der Waals surface area contributed by atoms with Gasteiger partial charge in [-0.25, -0.2) is 0 Å². The molecule has 1 saturated heterocycles. The van der Waals surface area contributed by atoms with Gasteiger partial charge in [0.2, 0.25) is 0 Å². The van der Waals surface area contributed by atoms with Crippen LogP contribution in [0.2, 0.25) is 0 Å². The first-order valence-corrected chi connectivity index (χ1v) is 11.0. The number of nitrogens with one attached hydrogen (secondary N) is 2. The maximum atomic E-state index is 13.2. The molecule has 2 heterocycles. The highest BCUT2D eigenvalue weighted by Crippen LogP contribution is 2.20. The summed E-state index contributed by atoms with van der Waals surface area (Å²) in [7, 11) is 2.19. The van der Waals surface area contributed by atoms with E-state index in [0.717, 1.165) is 57.0 Å². The largest absolute Gasteiger partial charge is 0.378 e. The number of morpholine rings is 1. The van der Waals surface area contributed by atoms with Crippen molar-refractivity contribution in [3.05, 3.63) is 69.2 Å². The maximum absolute atomic E-state index is 13.2. The van der Waals surface area contributed by atoms with Gasteiger partial charge in [0.05, 0.1) is 37.7 Å². The predicted molar refractivity (Wildman–Crippen MR) is 123 cm³/mol. The molecule has 1 fully saturated rings. The molecule has 0 aliphatic carbocycles. The number of rotatable bonds is 7. The molecule has 7 heteroatoms. The molecule has 2 N–H and O–H groups in total. The Labute approximate surface area is 181 Å². The average Bonchev–Trinajstić information content (AvgIpc) is 2.77. The lowest BCUT2D eigenvalue weighted by molar-refractivity contribution is -0.894. The maximum Gasteiger partial charge on any atom is 0.262 e. The summed E-state index contributed by atoms with van der Waals surface area (Å²) in [5.41, 5.74) is 3.17. The van der Waals surface area contributed by atoms with E-state index in [2.05, 4.69) is 41.2 Å². The van der Waals surface area contributed by atoms with Gasteiger partial charge in [0.1, 0.15) is 6.54 Å². The second kappa shape index (κ2) is 9.55. The molecule has 6 nitrogen and oxygen atoms in total. The summed E-state index contributed by atoms with van der Waals surface area (Å²) in [6, 6.07) is 16.5. The zero-order valence-corrected chi connectivity index (χ0v) is 18.2. The highest BCUT2D eigenvalue weighted by molar-refractivity contribution is 7.71. The second-order valence-corrected chi connectivity index (χ2v) is 8.33. The SMILES string of the molecule is C[NH+](CCCn1c(=S)[nH]c2ccc(N3CCOCC3)cc2c1=O)Cc1ccccc1. The predicted octanol–water partition coefficient (Wildman–Crippen LogP) is 2.00. The molecular weight excluding hydrogens is 396 g/mol. The second-order valence-electron chi connectivity index (χ2n) is 7.94. The van der Waals surface area contributed by atoms with Crippen molar-refractivity contribution in [2.75, 3.05) is 44.8 Å². The number of ether oxygens (including phenoxy) is 1. The minimum atomic E-state index is -0.00966. The van der Waals surface area contributed by atoms with Gasteiger partial charge in [-0.15, -0.1) is 0 Å². The Morgan fingerprint density at radius 3 is 2.67 bits per heavy atom. The number of benzene rings is 2. The van der Waals surface area contributed by atoms with Crippen LogP contribution in [0.5, 0.6) is 0 Å². The number of aromatic amines is 1. The molecular formula is C23H29N4O2S+. The molecule has 1 unspecified atom stereocenters. The molecule has 0 saturated carbocycles. The molecule has 158 valence electrons. The average molecular weight is 426 g/mol. The normalized spacial score (nSPS) is 15.4. The summed E-state index contributed by atoms with van der Waals surface area (Å²) in [6.07, 6.45) is 0.894. The van der Waals surface area contributed by atoms with Gasteiger partial charge in [-0.3, -0.25) is 9.36 Å². The molecule has 1 aliphatic rings. The molecule has 30 heavy (non-hydrogen) atoms. The monoisotopic (exact) mass is 425 g/mol. The van der Waals surface area contributed by atoms with Gasteiger partial charge < -0.3 is 19.5 Å². The van der Waals surface area contributed by atoms with Crippen molar-refractivity contribution in [1.82, 2.24) is 9.55 Å². The van der Waals surface area contributed by atoms with E-state index < -0.39 is 0 Å². The Morgan fingerprint density at radius 2 is 1.90 bits per heavy atom. The van der Waals surface area contributed by atoms with Crippen molar-refractivity contribution in [3.8, 4) is 0 Å². The van der Waals surface area contributed by atoms with Crippen molar-refractivity contribution in [2.45, 2.75) is 19.5 Å². The van der Waals surface area contributed by atoms with Crippen LogP contribution in [0.4, 0.5) is 5.69 Å². The minimum Gasteiger partial charge on any atom is -0.378 e. The molecule has 0 amide bonds.